The van der Waals surface area contributed by atoms with Gasteiger partial charge in [-0.15, -0.1) is 0 Å². The number of hydrogen-bond donors (Lipinski definition) is 1. The Bertz CT molecular complexity index is 1040. The van der Waals surface area contributed by atoms with Crippen molar-refractivity contribution in [2.75, 3.05) is 5.43 Å². The quantitative estimate of drug-likeness (QED) is 0.761. The lowest BCUT2D eigenvalue weighted by Crippen LogP contribution is -2.39. The monoisotopic (exact) mass is 375 g/mol. The average molecular weight is 375 g/mol. The van der Waals surface area contributed by atoms with Crippen molar-refractivity contribution < 1.29 is 18.0 Å². The number of aryl methyl sites for hydroxylation is 1. The predicted molar refractivity (Wildman–Crippen MR) is 94.9 cm³/mol. The first-order chi connectivity index (χ1) is 12.8. The molecule has 1 amide bonds. The number of benzene rings is 2. The number of nitrogens with one attached hydrogen (secondary N) is 1. The molecule has 1 aromatic heterocycles. The van der Waals surface area contributed by atoms with Crippen LogP contribution in [0.2, 0.25) is 0 Å². The summed E-state index contributed by atoms with van der Waals surface area (Å²) in [6, 6.07) is 13.1. The van der Waals surface area contributed by atoms with Crippen LogP contribution in [-0.2, 0) is 23.8 Å². The molecule has 3 aromatic rings. The second-order valence-electron chi connectivity index (χ2n) is 5.94. The van der Waals surface area contributed by atoms with Crippen molar-refractivity contribution in [1.82, 2.24) is 9.66 Å². The summed E-state index contributed by atoms with van der Waals surface area (Å²) in [5.41, 5.74) is 2.20. The van der Waals surface area contributed by atoms with Gasteiger partial charge in [-0.05, 0) is 23.6 Å². The first-order valence-corrected chi connectivity index (χ1v) is 8.27. The Balaban J connectivity index is 2.09. The molecule has 0 aliphatic rings. The van der Waals surface area contributed by atoms with Crippen molar-refractivity contribution in [3.63, 3.8) is 0 Å². The molecule has 0 saturated heterocycles. The van der Waals surface area contributed by atoms with Crippen LogP contribution in [0.3, 0.4) is 0 Å². The fourth-order valence-corrected chi connectivity index (χ4v) is 2.79. The second kappa shape index (κ2) is 7.22. The normalized spacial score (nSPS) is 11.6. The van der Waals surface area contributed by atoms with Crippen molar-refractivity contribution in [3.8, 4) is 0 Å². The smallest absolute Gasteiger partial charge is 0.273 e. The van der Waals surface area contributed by atoms with Crippen LogP contribution in [0.25, 0.3) is 10.9 Å². The lowest BCUT2D eigenvalue weighted by molar-refractivity contribution is -0.147. The molecule has 0 aliphatic carbocycles. The molecule has 27 heavy (non-hydrogen) atoms. The van der Waals surface area contributed by atoms with Crippen LogP contribution in [0.1, 0.15) is 23.9 Å². The lowest BCUT2D eigenvalue weighted by Gasteiger charge is -2.17. The maximum absolute atomic E-state index is 13.5. The van der Waals surface area contributed by atoms with Gasteiger partial charge < -0.3 is 0 Å². The zero-order chi connectivity index (χ0) is 19.6. The Morgan fingerprint density at radius 3 is 2.44 bits per heavy atom. The number of nitrogens with zero attached hydrogens (tertiary/aromatic N) is 2. The van der Waals surface area contributed by atoms with E-state index in [0.717, 1.165) is 0 Å². The third-order valence-corrected chi connectivity index (χ3v) is 4.06. The van der Waals surface area contributed by atoms with E-state index in [0.29, 0.717) is 17.5 Å². The van der Waals surface area contributed by atoms with E-state index in [1.807, 2.05) is 5.43 Å². The van der Waals surface area contributed by atoms with Crippen LogP contribution < -0.4 is 11.0 Å². The largest absolute Gasteiger partial charge is 0.451 e. The molecule has 0 aliphatic heterocycles. The van der Waals surface area contributed by atoms with E-state index < -0.39 is 23.5 Å². The number of para-hydroxylation sites is 1. The maximum Gasteiger partial charge on any atom is 0.451 e. The lowest BCUT2D eigenvalue weighted by atomic mass is 10.1. The highest BCUT2D eigenvalue weighted by Crippen LogP contribution is 2.28. The van der Waals surface area contributed by atoms with Crippen molar-refractivity contribution in [3.05, 3.63) is 75.8 Å². The number of aromatic nitrogens is 2. The molecule has 0 radical (unpaired) electrons. The maximum atomic E-state index is 13.5. The van der Waals surface area contributed by atoms with E-state index >= 15 is 0 Å². The van der Waals surface area contributed by atoms with E-state index in [1.54, 1.807) is 49.4 Å². The van der Waals surface area contributed by atoms with E-state index in [4.69, 9.17) is 0 Å². The summed E-state index contributed by atoms with van der Waals surface area (Å²) in [6.07, 6.45) is -4.66. The third kappa shape index (κ3) is 3.84. The number of carbonyl (C=O) groups excluding carboxylic acids is 1. The fraction of sp³-hybridized carbons (Fsp3) is 0.211. The van der Waals surface area contributed by atoms with Gasteiger partial charge in [-0.2, -0.15) is 17.8 Å². The van der Waals surface area contributed by atoms with Crippen LogP contribution in [0, 0.1) is 0 Å². The number of fused-ring (bicyclic) bond motifs is 1. The first kappa shape index (κ1) is 18.6. The Kier molecular flexibility index (Phi) is 4.98. The summed E-state index contributed by atoms with van der Waals surface area (Å²) in [4.78, 5) is 28.5. The van der Waals surface area contributed by atoms with Gasteiger partial charge >= 0.3 is 6.18 Å². The van der Waals surface area contributed by atoms with Gasteiger partial charge in [0.1, 0.15) is 0 Å². The summed E-state index contributed by atoms with van der Waals surface area (Å²) in [5.74, 6) is -2.20. The van der Waals surface area contributed by atoms with Gasteiger partial charge in [0, 0.05) is 0 Å². The van der Waals surface area contributed by atoms with Gasteiger partial charge in [-0.1, -0.05) is 49.4 Å². The van der Waals surface area contributed by atoms with E-state index in [1.165, 1.54) is 6.07 Å². The third-order valence-electron chi connectivity index (χ3n) is 4.06. The molecule has 0 bridgehead atoms. The molecule has 8 heteroatoms. The average Bonchev–Trinajstić information content (AvgIpc) is 2.63. The topological polar surface area (TPSA) is 64.0 Å². The fourth-order valence-electron chi connectivity index (χ4n) is 2.79. The van der Waals surface area contributed by atoms with E-state index in [2.05, 4.69) is 4.98 Å². The molecule has 0 saturated carbocycles. The molecule has 3 rings (SSSR count). The molecule has 1 N–H and O–H groups in total. The summed E-state index contributed by atoms with van der Waals surface area (Å²) >= 11 is 0. The van der Waals surface area contributed by atoms with Crippen molar-refractivity contribution in [2.45, 2.75) is 25.9 Å². The van der Waals surface area contributed by atoms with Crippen molar-refractivity contribution in [2.24, 2.45) is 0 Å². The number of amides is 1. The Labute approximate surface area is 152 Å². The number of hydrogen-bond acceptors (Lipinski definition) is 3. The summed E-state index contributed by atoms with van der Waals surface area (Å²) < 4.78 is 40.7. The number of halogens is 3. The minimum Gasteiger partial charge on any atom is -0.273 e. The molecule has 140 valence electrons. The van der Waals surface area contributed by atoms with Crippen LogP contribution in [-0.4, -0.2) is 15.6 Å². The number of rotatable bonds is 4. The number of carbonyl (C=O) groups is 1. The summed E-state index contributed by atoms with van der Waals surface area (Å²) in [5, 5.41) is 0.0161. The standard InChI is InChI=1S/C19H16F3N3O2/c1-2-13-9-6-10-14-16(13)23-18(19(20,21)22)25(17(14)27)24-15(26)11-12-7-4-3-5-8-12/h3-10H,2,11H2,1H3,(H,24,26). The molecule has 1 heterocycles. The molecule has 0 atom stereocenters. The zero-order valence-corrected chi connectivity index (χ0v) is 14.4. The first-order valence-electron chi connectivity index (χ1n) is 8.27. The van der Waals surface area contributed by atoms with Gasteiger partial charge in [0.2, 0.25) is 11.7 Å². The van der Waals surface area contributed by atoms with Crippen molar-refractivity contribution >= 4 is 16.8 Å². The molecule has 0 spiro atoms. The van der Waals surface area contributed by atoms with Crippen LogP contribution in [0.15, 0.2) is 53.3 Å². The predicted octanol–water partition coefficient (Wildman–Crippen LogP) is 3.29. The van der Waals surface area contributed by atoms with Gasteiger partial charge in [0.25, 0.3) is 5.56 Å². The highest BCUT2D eigenvalue weighted by atomic mass is 19.4. The zero-order valence-electron chi connectivity index (χ0n) is 14.4. The van der Waals surface area contributed by atoms with Crippen LogP contribution in [0.5, 0.6) is 0 Å². The molecule has 2 aromatic carbocycles. The summed E-state index contributed by atoms with van der Waals surface area (Å²) in [7, 11) is 0. The molecular formula is C19H16F3N3O2. The molecular weight excluding hydrogens is 359 g/mol. The minimum absolute atomic E-state index is 0.00844. The van der Waals surface area contributed by atoms with Crippen LogP contribution in [0.4, 0.5) is 13.2 Å². The van der Waals surface area contributed by atoms with Gasteiger partial charge in [-0.3, -0.25) is 15.0 Å². The van der Waals surface area contributed by atoms with Gasteiger partial charge in [0.15, 0.2) is 0 Å². The van der Waals surface area contributed by atoms with Crippen LogP contribution >= 0.6 is 0 Å². The highest BCUT2D eigenvalue weighted by molar-refractivity contribution is 5.87. The molecule has 0 unspecified atom stereocenters. The van der Waals surface area contributed by atoms with E-state index in [-0.39, 0.29) is 22.0 Å². The Morgan fingerprint density at radius 1 is 1.11 bits per heavy atom. The second-order valence-corrected chi connectivity index (χ2v) is 5.94. The van der Waals surface area contributed by atoms with Gasteiger partial charge in [0.05, 0.1) is 17.3 Å². The SMILES string of the molecule is CCc1cccc2c(=O)n(NC(=O)Cc3ccccc3)c(C(F)(F)F)nc12. The number of alkyl halides is 3. The van der Waals surface area contributed by atoms with Gasteiger partial charge in [-0.25, -0.2) is 4.98 Å². The molecule has 5 nitrogen and oxygen atoms in total. The highest BCUT2D eigenvalue weighted by Gasteiger charge is 2.38. The van der Waals surface area contributed by atoms with Crippen molar-refractivity contribution in [1.29, 1.82) is 0 Å². The molecule has 0 fully saturated rings. The minimum atomic E-state index is -4.91. The summed E-state index contributed by atoms with van der Waals surface area (Å²) in [6.45, 7) is 1.76. The van der Waals surface area contributed by atoms with E-state index in [9.17, 15) is 22.8 Å². The Hall–Kier alpha value is -3.16. The Morgan fingerprint density at radius 2 is 1.81 bits per heavy atom.